The molecule has 0 radical (unpaired) electrons. The fourth-order valence-electron chi connectivity index (χ4n) is 2.01. The molecule has 0 unspecified atom stereocenters. The molecule has 126 valence electrons. The third-order valence-corrected chi connectivity index (χ3v) is 4.40. The Morgan fingerprint density at radius 2 is 1.80 bits per heavy atom. The summed E-state index contributed by atoms with van der Waals surface area (Å²) in [6.07, 6.45) is 5.16. The van der Waals surface area contributed by atoms with E-state index in [0.29, 0.717) is 16.8 Å². The van der Waals surface area contributed by atoms with E-state index in [4.69, 9.17) is 12.2 Å². The molecule has 3 rings (SSSR count). The quantitative estimate of drug-likeness (QED) is 0.525. The molecule has 2 heterocycles. The molecule has 0 saturated carbocycles. The third kappa shape index (κ3) is 5.51. The lowest BCUT2D eigenvalue weighted by molar-refractivity contribution is 0.924. The molecule has 0 bridgehead atoms. The molecule has 0 aliphatic heterocycles. The van der Waals surface area contributed by atoms with E-state index in [-0.39, 0.29) is 0 Å². The number of hydrogen-bond acceptors (Lipinski definition) is 5. The molecule has 0 fully saturated rings. The van der Waals surface area contributed by atoms with Crippen molar-refractivity contribution in [3.63, 3.8) is 0 Å². The molecule has 0 atom stereocenters. The first kappa shape index (κ1) is 17.3. The van der Waals surface area contributed by atoms with Gasteiger partial charge in [-0.2, -0.15) is 0 Å². The number of benzene rings is 1. The highest BCUT2D eigenvalue weighted by Crippen LogP contribution is 2.22. The molecule has 0 aliphatic rings. The highest BCUT2D eigenvalue weighted by molar-refractivity contribution is 7.99. The van der Waals surface area contributed by atoms with Crippen molar-refractivity contribution < 1.29 is 0 Å². The lowest BCUT2D eigenvalue weighted by Gasteiger charge is -2.11. The second-order valence-corrected chi connectivity index (χ2v) is 6.71. The van der Waals surface area contributed by atoms with Gasteiger partial charge in [-0.15, -0.1) is 0 Å². The molecule has 1 aromatic carbocycles. The topological polar surface area (TPSA) is 62.7 Å². The first-order valence-electron chi connectivity index (χ1n) is 7.70. The van der Waals surface area contributed by atoms with E-state index in [1.54, 1.807) is 24.7 Å². The van der Waals surface area contributed by atoms with Gasteiger partial charge in [0.25, 0.3) is 0 Å². The second-order valence-electron chi connectivity index (χ2n) is 5.31. The summed E-state index contributed by atoms with van der Waals surface area (Å²) in [6, 6.07) is 14.0. The highest BCUT2D eigenvalue weighted by Gasteiger charge is 2.03. The number of nitrogens with zero attached hydrogens (tertiary/aromatic N) is 3. The van der Waals surface area contributed by atoms with Crippen LogP contribution in [0.5, 0.6) is 0 Å². The fraction of sp³-hybridized carbons (Fsp3) is 0.111. The Kier molecular flexibility index (Phi) is 5.92. The smallest absolute Gasteiger partial charge is 0.193 e. The van der Waals surface area contributed by atoms with Crippen LogP contribution in [0.3, 0.4) is 0 Å². The molecule has 7 heteroatoms. The number of aromatic nitrogens is 3. The molecule has 0 aliphatic carbocycles. The van der Waals surface area contributed by atoms with Crippen LogP contribution in [0.4, 0.5) is 5.69 Å². The normalized spacial score (nSPS) is 10.3. The zero-order chi connectivity index (χ0) is 17.5. The third-order valence-electron chi connectivity index (χ3n) is 3.31. The van der Waals surface area contributed by atoms with Crippen molar-refractivity contribution in [3.05, 3.63) is 72.2 Å². The van der Waals surface area contributed by atoms with Crippen LogP contribution in [0, 0.1) is 6.92 Å². The monoisotopic (exact) mass is 367 g/mol. The Labute approximate surface area is 156 Å². The summed E-state index contributed by atoms with van der Waals surface area (Å²) in [5, 5.41) is 8.39. The Hall–Kier alpha value is -2.51. The number of pyridine rings is 1. The molecule has 5 nitrogen and oxygen atoms in total. The van der Waals surface area contributed by atoms with E-state index in [9.17, 15) is 0 Å². The van der Waals surface area contributed by atoms with Crippen LogP contribution in [-0.2, 0) is 6.54 Å². The first-order chi connectivity index (χ1) is 12.2. The number of thiocarbonyl (C=S) groups is 1. The zero-order valence-electron chi connectivity index (χ0n) is 13.6. The maximum absolute atomic E-state index is 5.32. The fourth-order valence-corrected chi connectivity index (χ4v) is 2.86. The van der Waals surface area contributed by atoms with Crippen LogP contribution in [0.15, 0.2) is 71.2 Å². The van der Waals surface area contributed by atoms with Crippen molar-refractivity contribution >= 4 is 34.8 Å². The number of hydrogen-bond donors (Lipinski definition) is 2. The molecule has 0 spiro atoms. The van der Waals surface area contributed by atoms with E-state index in [1.165, 1.54) is 22.9 Å². The van der Waals surface area contributed by atoms with E-state index in [1.807, 2.05) is 12.1 Å². The van der Waals surface area contributed by atoms with Gasteiger partial charge in [0.1, 0.15) is 5.03 Å². The van der Waals surface area contributed by atoms with Gasteiger partial charge in [-0.1, -0.05) is 29.8 Å². The number of nitrogens with one attached hydrogen (secondary N) is 2. The first-order valence-corrected chi connectivity index (χ1v) is 8.93. The summed E-state index contributed by atoms with van der Waals surface area (Å²) in [5.74, 6) is 0. The van der Waals surface area contributed by atoms with Crippen LogP contribution in [0.1, 0.15) is 11.1 Å². The maximum Gasteiger partial charge on any atom is 0.193 e. The molecule has 25 heavy (non-hydrogen) atoms. The van der Waals surface area contributed by atoms with Crippen molar-refractivity contribution in [3.8, 4) is 0 Å². The van der Waals surface area contributed by atoms with Crippen LogP contribution in [0.25, 0.3) is 0 Å². The van der Waals surface area contributed by atoms with Crippen LogP contribution >= 0.6 is 24.0 Å². The maximum atomic E-state index is 5.32. The van der Waals surface area contributed by atoms with Crippen LogP contribution < -0.4 is 10.6 Å². The Balaban J connectivity index is 1.50. The summed E-state index contributed by atoms with van der Waals surface area (Å²) >= 11 is 6.74. The minimum Gasteiger partial charge on any atom is -0.358 e. The van der Waals surface area contributed by atoms with Crippen molar-refractivity contribution in [2.24, 2.45) is 0 Å². The van der Waals surface area contributed by atoms with E-state index in [0.717, 1.165) is 10.7 Å². The largest absolute Gasteiger partial charge is 0.358 e. The molecule has 3 aromatic rings. The number of aryl methyl sites for hydroxylation is 1. The molecule has 2 aromatic heterocycles. The number of rotatable bonds is 5. The minimum atomic E-state index is 0.564. The van der Waals surface area contributed by atoms with Crippen molar-refractivity contribution in [1.29, 1.82) is 0 Å². The van der Waals surface area contributed by atoms with Gasteiger partial charge in [0, 0.05) is 18.9 Å². The van der Waals surface area contributed by atoms with Gasteiger partial charge in [-0.25, -0.2) is 15.0 Å². The second kappa shape index (κ2) is 8.55. The zero-order valence-corrected chi connectivity index (χ0v) is 15.3. The minimum absolute atomic E-state index is 0.564. The predicted octanol–water partition coefficient (Wildman–Crippen LogP) is 3.82. The summed E-state index contributed by atoms with van der Waals surface area (Å²) < 4.78 is 0. The average Bonchev–Trinajstić information content (AvgIpc) is 2.64. The summed E-state index contributed by atoms with van der Waals surface area (Å²) in [4.78, 5) is 12.7. The number of anilines is 1. The van der Waals surface area contributed by atoms with Crippen molar-refractivity contribution in [2.45, 2.75) is 23.7 Å². The van der Waals surface area contributed by atoms with E-state index < -0.39 is 0 Å². The average molecular weight is 368 g/mol. The van der Waals surface area contributed by atoms with E-state index in [2.05, 4.69) is 56.8 Å². The van der Waals surface area contributed by atoms with Crippen molar-refractivity contribution in [2.75, 3.05) is 5.32 Å². The van der Waals surface area contributed by atoms with Gasteiger partial charge in [0.15, 0.2) is 10.3 Å². The van der Waals surface area contributed by atoms with Gasteiger partial charge in [-0.05, 0) is 54.7 Å². The molecule has 2 N–H and O–H groups in total. The summed E-state index contributed by atoms with van der Waals surface area (Å²) in [7, 11) is 0. The molecule has 0 saturated heterocycles. The highest BCUT2D eigenvalue weighted by atomic mass is 32.2. The van der Waals surface area contributed by atoms with Gasteiger partial charge in [-0.3, -0.25) is 0 Å². The Morgan fingerprint density at radius 1 is 1.04 bits per heavy atom. The molecular weight excluding hydrogens is 350 g/mol. The van der Waals surface area contributed by atoms with Gasteiger partial charge >= 0.3 is 0 Å². The summed E-state index contributed by atoms with van der Waals surface area (Å²) in [5.41, 5.74) is 3.26. The SMILES string of the molecule is Cc1ccc(CNC(=S)Nc2ccc(Sc3ncccn3)nc2)cc1. The lowest BCUT2D eigenvalue weighted by Crippen LogP contribution is -2.27. The Bertz CT molecular complexity index is 820. The molecule has 0 amide bonds. The van der Waals surface area contributed by atoms with Crippen LogP contribution in [-0.4, -0.2) is 20.1 Å². The van der Waals surface area contributed by atoms with Gasteiger partial charge in [0.05, 0.1) is 11.9 Å². The van der Waals surface area contributed by atoms with E-state index >= 15 is 0 Å². The predicted molar refractivity (Wildman–Crippen MR) is 105 cm³/mol. The lowest BCUT2D eigenvalue weighted by atomic mass is 10.1. The van der Waals surface area contributed by atoms with Gasteiger partial charge < -0.3 is 10.6 Å². The van der Waals surface area contributed by atoms with Crippen molar-refractivity contribution in [1.82, 2.24) is 20.3 Å². The standard InChI is InChI=1S/C18H17N5S2/c1-13-3-5-14(6-4-13)11-22-17(24)23-15-7-8-16(21-12-15)25-18-19-9-2-10-20-18/h2-10,12H,11H2,1H3,(H2,22,23,24). The van der Waals surface area contributed by atoms with Crippen LogP contribution in [0.2, 0.25) is 0 Å². The Morgan fingerprint density at radius 3 is 2.48 bits per heavy atom. The summed E-state index contributed by atoms with van der Waals surface area (Å²) in [6.45, 7) is 2.75. The van der Waals surface area contributed by atoms with Gasteiger partial charge in [0.2, 0.25) is 0 Å². The molecular formula is C18H17N5S2.